The lowest BCUT2D eigenvalue weighted by Gasteiger charge is -2.30. The molecule has 7 heteroatoms. The van der Waals surface area contributed by atoms with Gasteiger partial charge in [0.15, 0.2) is 12.3 Å². The second-order valence-electron chi connectivity index (χ2n) is 6.79. The van der Waals surface area contributed by atoms with Crippen LogP contribution >= 0.6 is 11.6 Å². The number of piperidine rings is 1. The Kier molecular flexibility index (Phi) is 4.99. The van der Waals surface area contributed by atoms with E-state index in [2.05, 4.69) is 9.97 Å². The predicted octanol–water partition coefficient (Wildman–Crippen LogP) is 4.24. The number of hydrogen-bond acceptors (Lipinski definition) is 5. The molecule has 1 aliphatic heterocycles. The number of oxazole rings is 2. The largest absolute Gasteiger partial charge is 0.445 e. The molecule has 4 rings (SSSR count). The van der Waals surface area contributed by atoms with E-state index < -0.39 is 0 Å². The molecule has 1 aliphatic rings. The van der Waals surface area contributed by atoms with Gasteiger partial charge in [-0.05, 0) is 31.4 Å². The second kappa shape index (κ2) is 7.56. The Balaban J connectivity index is 1.46. The van der Waals surface area contributed by atoms with Crippen molar-refractivity contribution in [2.75, 3.05) is 13.1 Å². The van der Waals surface area contributed by atoms with Crippen molar-refractivity contribution < 1.29 is 13.6 Å². The zero-order valence-electron chi connectivity index (χ0n) is 15.0. The average molecular weight is 386 g/mol. The number of aromatic nitrogens is 2. The van der Waals surface area contributed by atoms with Crippen LogP contribution in [0.15, 0.2) is 45.7 Å². The van der Waals surface area contributed by atoms with E-state index in [9.17, 15) is 4.79 Å². The molecule has 0 spiro atoms. The zero-order chi connectivity index (χ0) is 18.8. The molecule has 6 nitrogen and oxygen atoms in total. The van der Waals surface area contributed by atoms with Crippen LogP contribution in [-0.2, 0) is 6.42 Å². The summed E-state index contributed by atoms with van der Waals surface area (Å²) in [6.45, 7) is 3.03. The van der Waals surface area contributed by atoms with Gasteiger partial charge in [0.25, 0.3) is 5.91 Å². The second-order valence-corrected chi connectivity index (χ2v) is 7.20. The molecule has 1 saturated heterocycles. The fourth-order valence-electron chi connectivity index (χ4n) is 3.44. The van der Waals surface area contributed by atoms with Gasteiger partial charge in [0.1, 0.15) is 5.76 Å². The Morgan fingerprint density at radius 2 is 2.19 bits per heavy atom. The SMILES string of the molecule is Cc1ncoc1C(=O)N1CCC[C@H](c2ncc(Cc3ccccc3Cl)o2)C1. The zero-order valence-corrected chi connectivity index (χ0v) is 15.8. The minimum absolute atomic E-state index is 0.0749. The van der Waals surface area contributed by atoms with Crippen molar-refractivity contribution >= 4 is 17.5 Å². The Hall–Kier alpha value is -2.60. The van der Waals surface area contributed by atoms with Crippen LogP contribution in [0, 0.1) is 6.92 Å². The minimum Gasteiger partial charge on any atom is -0.445 e. The van der Waals surface area contributed by atoms with Gasteiger partial charge in [0.2, 0.25) is 5.76 Å². The summed E-state index contributed by atoms with van der Waals surface area (Å²) >= 11 is 6.22. The first kappa shape index (κ1) is 17.8. The summed E-state index contributed by atoms with van der Waals surface area (Å²) in [6, 6.07) is 7.70. The van der Waals surface area contributed by atoms with Crippen molar-refractivity contribution in [3.63, 3.8) is 0 Å². The van der Waals surface area contributed by atoms with Gasteiger partial charge in [0, 0.05) is 24.5 Å². The van der Waals surface area contributed by atoms with Gasteiger partial charge < -0.3 is 13.7 Å². The quantitative estimate of drug-likeness (QED) is 0.671. The lowest BCUT2D eigenvalue weighted by Crippen LogP contribution is -2.39. The van der Waals surface area contributed by atoms with Crippen LogP contribution in [0.1, 0.15) is 52.2 Å². The molecule has 0 aliphatic carbocycles. The first-order valence-electron chi connectivity index (χ1n) is 8.99. The van der Waals surface area contributed by atoms with E-state index in [-0.39, 0.29) is 11.8 Å². The number of halogens is 1. The molecule has 140 valence electrons. The number of hydrogen-bond donors (Lipinski definition) is 0. The summed E-state index contributed by atoms with van der Waals surface area (Å²) in [6.07, 6.45) is 5.48. The van der Waals surface area contributed by atoms with E-state index in [0.29, 0.717) is 41.9 Å². The Labute approximate surface area is 162 Å². The number of carbonyl (C=O) groups excluding carboxylic acids is 1. The number of rotatable bonds is 4. The molecule has 0 N–H and O–H groups in total. The molecule has 0 unspecified atom stereocenters. The fraction of sp³-hybridized carbons (Fsp3) is 0.350. The highest BCUT2D eigenvalue weighted by Crippen LogP contribution is 2.29. The standard InChI is InChI=1S/C20H20ClN3O3/c1-13-18(26-12-23-13)20(25)24-8-4-6-15(11-24)19-22-10-16(27-19)9-14-5-2-3-7-17(14)21/h2-3,5,7,10,12,15H,4,6,8-9,11H2,1H3/t15-/m0/s1. The normalized spacial score (nSPS) is 17.3. The Morgan fingerprint density at radius 1 is 1.33 bits per heavy atom. The lowest BCUT2D eigenvalue weighted by molar-refractivity contribution is 0.0664. The molecule has 3 heterocycles. The van der Waals surface area contributed by atoms with Crippen molar-refractivity contribution in [2.24, 2.45) is 0 Å². The van der Waals surface area contributed by atoms with Crippen molar-refractivity contribution in [1.82, 2.24) is 14.9 Å². The molecular weight excluding hydrogens is 366 g/mol. The molecule has 0 saturated carbocycles. The van der Waals surface area contributed by atoms with Crippen LogP contribution in [0.2, 0.25) is 5.02 Å². The smallest absolute Gasteiger partial charge is 0.291 e. The molecule has 1 aromatic carbocycles. The highest BCUT2D eigenvalue weighted by Gasteiger charge is 2.30. The number of amides is 1. The molecule has 1 fully saturated rings. The number of likely N-dealkylation sites (tertiary alicyclic amines) is 1. The minimum atomic E-state index is -0.127. The van der Waals surface area contributed by atoms with E-state index in [1.165, 1.54) is 6.39 Å². The molecule has 2 aromatic heterocycles. The maximum absolute atomic E-state index is 12.7. The molecule has 0 radical (unpaired) electrons. The average Bonchev–Trinajstić information content (AvgIpc) is 3.32. The summed E-state index contributed by atoms with van der Waals surface area (Å²) in [5, 5.41) is 0.715. The first-order valence-corrected chi connectivity index (χ1v) is 9.37. The van der Waals surface area contributed by atoms with Gasteiger partial charge in [-0.1, -0.05) is 29.8 Å². The third-order valence-electron chi connectivity index (χ3n) is 4.89. The van der Waals surface area contributed by atoms with Gasteiger partial charge in [-0.25, -0.2) is 9.97 Å². The van der Waals surface area contributed by atoms with Crippen molar-refractivity contribution in [1.29, 1.82) is 0 Å². The van der Waals surface area contributed by atoms with Crippen molar-refractivity contribution in [3.8, 4) is 0 Å². The van der Waals surface area contributed by atoms with Crippen LogP contribution < -0.4 is 0 Å². The monoisotopic (exact) mass is 385 g/mol. The molecule has 27 heavy (non-hydrogen) atoms. The molecule has 0 bridgehead atoms. The van der Waals surface area contributed by atoms with Gasteiger partial charge in [0.05, 0.1) is 17.8 Å². The third kappa shape index (κ3) is 3.76. The number of benzene rings is 1. The van der Waals surface area contributed by atoms with Crippen LogP contribution in [0.5, 0.6) is 0 Å². The Morgan fingerprint density at radius 3 is 2.96 bits per heavy atom. The molecule has 3 aromatic rings. The van der Waals surface area contributed by atoms with Crippen LogP contribution in [0.25, 0.3) is 0 Å². The topological polar surface area (TPSA) is 72.4 Å². The molecular formula is C20H20ClN3O3. The van der Waals surface area contributed by atoms with E-state index in [1.54, 1.807) is 18.0 Å². The fourth-order valence-corrected chi connectivity index (χ4v) is 3.64. The van der Waals surface area contributed by atoms with Gasteiger partial charge in [-0.3, -0.25) is 4.79 Å². The van der Waals surface area contributed by atoms with Crippen LogP contribution in [-0.4, -0.2) is 33.9 Å². The van der Waals surface area contributed by atoms with E-state index >= 15 is 0 Å². The van der Waals surface area contributed by atoms with Crippen molar-refractivity contribution in [3.05, 3.63) is 70.5 Å². The maximum atomic E-state index is 12.7. The number of carbonyl (C=O) groups is 1. The predicted molar refractivity (Wildman–Crippen MR) is 99.9 cm³/mol. The maximum Gasteiger partial charge on any atom is 0.291 e. The van der Waals surface area contributed by atoms with E-state index in [1.807, 2.05) is 24.3 Å². The van der Waals surface area contributed by atoms with E-state index in [4.69, 9.17) is 20.4 Å². The number of aryl methyl sites for hydroxylation is 1. The molecule has 1 amide bonds. The van der Waals surface area contributed by atoms with Crippen LogP contribution in [0.3, 0.4) is 0 Å². The van der Waals surface area contributed by atoms with E-state index in [0.717, 1.165) is 24.2 Å². The summed E-state index contributed by atoms with van der Waals surface area (Å²) in [5.41, 5.74) is 1.61. The number of nitrogens with zero attached hydrogens (tertiary/aromatic N) is 3. The first-order chi connectivity index (χ1) is 13.1. The summed E-state index contributed by atoms with van der Waals surface area (Å²) in [5.74, 6) is 1.70. The Bertz CT molecular complexity index is 949. The van der Waals surface area contributed by atoms with Gasteiger partial charge in [-0.15, -0.1) is 0 Å². The van der Waals surface area contributed by atoms with Gasteiger partial charge in [-0.2, -0.15) is 0 Å². The highest BCUT2D eigenvalue weighted by molar-refractivity contribution is 6.31. The summed E-state index contributed by atoms with van der Waals surface area (Å²) < 4.78 is 11.2. The van der Waals surface area contributed by atoms with Crippen LogP contribution in [0.4, 0.5) is 0 Å². The molecule has 1 atom stereocenters. The summed E-state index contributed by atoms with van der Waals surface area (Å²) in [7, 11) is 0. The lowest BCUT2D eigenvalue weighted by atomic mass is 9.97. The highest BCUT2D eigenvalue weighted by atomic mass is 35.5. The third-order valence-corrected chi connectivity index (χ3v) is 5.26. The van der Waals surface area contributed by atoms with Crippen molar-refractivity contribution in [2.45, 2.75) is 32.1 Å². The summed E-state index contributed by atoms with van der Waals surface area (Å²) in [4.78, 5) is 22.9. The van der Waals surface area contributed by atoms with Gasteiger partial charge >= 0.3 is 0 Å².